The third-order valence-electron chi connectivity index (χ3n) is 2.03. The summed E-state index contributed by atoms with van der Waals surface area (Å²) in [5.74, 6) is 0.788. The van der Waals surface area contributed by atoms with E-state index >= 15 is 0 Å². The van der Waals surface area contributed by atoms with Crippen LogP contribution >= 0.6 is 23.4 Å². The predicted octanol–water partition coefficient (Wildman–Crippen LogP) is 3.85. The van der Waals surface area contributed by atoms with E-state index in [1.54, 1.807) is 16.4 Å². The lowest BCUT2D eigenvalue weighted by atomic mass is 10.3. The lowest BCUT2D eigenvalue weighted by Gasteiger charge is -2.16. The minimum atomic E-state index is 0.0705. The fraction of sp³-hybridized carbons (Fsp3) is 0.727. The summed E-state index contributed by atoms with van der Waals surface area (Å²) in [6, 6.07) is 0.117. The third kappa shape index (κ3) is 3.32. The summed E-state index contributed by atoms with van der Waals surface area (Å²) in [6.07, 6.45) is 0. The number of aromatic nitrogens is 2. The molecule has 0 spiro atoms. The van der Waals surface area contributed by atoms with Crippen molar-refractivity contribution in [3.63, 3.8) is 0 Å². The van der Waals surface area contributed by atoms with E-state index in [-0.39, 0.29) is 16.7 Å². The standard InChI is InChI=1S/C11H19ClN2OS/c1-7(2)14-10(15)9(12)8(13-14)6-16-11(3,4)5/h7,15H,6H2,1-5H3. The van der Waals surface area contributed by atoms with E-state index in [0.29, 0.717) is 5.02 Å². The van der Waals surface area contributed by atoms with Crippen LogP contribution in [0.1, 0.15) is 46.4 Å². The van der Waals surface area contributed by atoms with Gasteiger partial charge in [-0.05, 0) is 13.8 Å². The molecular formula is C11H19ClN2OS. The predicted molar refractivity (Wildman–Crippen MR) is 70.3 cm³/mol. The highest BCUT2D eigenvalue weighted by Gasteiger charge is 2.19. The highest BCUT2D eigenvalue weighted by Crippen LogP contribution is 2.34. The molecule has 92 valence electrons. The van der Waals surface area contributed by atoms with Crippen molar-refractivity contribution < 1.29 is 5.11 Å². The quantitative estimate of drug-likeness (QED) is 0.899. The molecule has 0 saturated heterocycles. The summed E-state index contributed by atoms with van der Waals surface area (Å²) in [5.41, 5.74) is 0.757. The number of aromatic hydroxyl groups is 1. The van der Waals surface area contributed by atoms with Crippen LogP contribution < -0.4 is 0 Å². The second-order valence-corrected chi connectivity index (χ2v) is 7.20. The minimum Gasteiger partial charge on any atom is -0.492 e. The Labute approximate surface area is 106 Å². The van der Waals surface area contributed by atoms with E-state index in [9.17, 15) is 5.11 Å². The molecule has 0 atom stereocenters. The Hall–Kier alpha value is -0.350. The van der Waals surface area contributed by atoms with E-state index in [4.69, 9.17) is 11.6 Å². The van der Waals surface area contributed by atoms with Crippen LogP contribution in [0.15, 0.2) is 0 Å². The van der Waals surface area contributed by atoms with Gasteiger partial charge in [0.05, 0.1) is 11.7 Å². The molecule has 0 fully saturated rings. The number of hydrogen-bond donors (Lipinski definition) is 1. The summed E-state index contributed by atoms with van der Waals surface area (Å²) in [7, 11) is 0. The Morgan fingerprint density at radius 2 is 2.00 bits per heavy atom. The Morgan fingerprint density at radius 1 is 1.44 bits per heavy atom. The lowest BCUT2D eigenvalue weighted by Crippen LogP contribution is -2.08. The second-order valence-electron chi connectivity index (χ2n) is 5.02. The van der Waals surface area contributed by atoms with Crippen molar-refractivity contribution in [1.29, 1.82) is 0 Å². The first-order valence-corrected chi connectivity index (χ1v) is 6.68. The summed E-state index contributed by atoms with van der Waals surface area (Å²) >= 11 is 7.80. The molecule has 1 N–H and O–H groups in total. The molecule has 0 unspecified atom stereocenters. The van der Waals surface area contributed by atoms with Gasteiger partial charge in [0, 0.05) is 10.5 Å². The Bertz CT molecular complexity index is 369. The molecule has 0 aliphatic heterocycles. The van der Waals surface area contributed by atoms with Gasteiger partial charge in [-0.2, -0.15) is 5.10 Å². The number of nitrogens with zero attached hydrogens (tertiary/aromatic N) is 2. The van der Waals surface area contributed by atoms with Gasteiger partial charge < -0.3 is 5.11 Å². The molecule has 5 heteroatoms. The molecule has 1 heterocycles. The van der Waals surface area contributed by atoms with Crippen molar-refractivity contribution >= 4 is 23.4 Å². The van der Waals surface area contributed by atoms with Crippen LogP contribution in [0.5, 0.6) is 5.88 Å². The van der Waals surface area contributed by atoms with Gasteiger partial charge in [-0.15, -0.1) is 11.8 Å². The molecule has 0 amide bonds. The maximum Gasteiger partial charge on any atom is 0.229 e. The van der Waals surface area contributed by atoms with Gasteiger partial charge in [-0.3, -0.25) is 0 Å². The first-order chi connectivity index (χ1) is 7.22. The van der Waals surface area contributed by atoms with Crippen LogP contribution in [0.2, 0.25) is 5.02 Å². The van der Waals surface area contributed by atoms with Gasteiger partial charge >= 0.3 is 0 Å². The first-order valence-electron chi connectivity index (χ1n) is 5.32. The molecule has 16 heavy (non-hydrogen) atoms. The largest absolute Gasteiger partial charge is 0.492 e. The van der Waals surface area contributed by atoms with Crippen LogP contribution in [0, 0.1) is 0 Å². The normalized spacial score (nSPS) is 12.4. The van der Waals surface area contributed by atoms with Crippen LogP contribution in [-0.2, 0) is 5.75 Å². The molecular weight excluding hydrogens is 244 g/mol. The number of thioether (sulfide) groups is 1. The zero-order valence-electron chi connectivity index (χ0n) is 10.4. The first kappa shape index (κ1) is 13.7. The smallest absolute Gasteiger partial charge is 0.229 e. The fourth-order valence-corrected chi connectivity index (χ4v) is 2.23. The van der Waals surface area contributed by atoms with Gasteiger partial charge in [-0.1, -0.05) is 32.4 Å². The topological polar surface area (TPSA) is 38.0 Å². The van der Waals surface area contributed by atoms with Gasteiger partial charge in [0.1, 0.15) is 5.02 Å². The molecule has 0 bridgehead atoms. The van der Waals surface area contributed by atoms with Crippen LogP contribution in [0.25, 0.3) is 0 Å². The zero-order valence-corrected chi connectivity index (χ0v) is 12.0. The molecule has 0 saturated carbocycles. The number of hydrogen-bond acceptors (Lipinski definition) is 3. The molecule has 0 radical (unpaired) electrons. The Morgan fingerprint density at radius 3 is 2.38 bits per heavy atom. The van der Waals surface area contributed by atoms with Gasteiger partial charge in [0.2, 0.25) is 5.88 Å². The summed E-state index contributed by atoms with van der Waals surface area (Å²) < 4.78 is 1.72. The van der Waals surface area contributed by atoms with Gasteiger partial charge in [-0.25, -0.2) is 4.68 Å². The maximum absolute atomic E-state index is 9.78. The number of halogens is 1. The summed E-state index contributed by atoms with van der Waals surface area (Å²) in [4.78, 5) is 0. The monoisotopic (exact) mass is 262 g/mol. The zero-order chi connectivity index (χ0) is 12.5. The molecule has 1 aromatic heterocycles. The average molecular weight is 263 g/mol. The van der Waals surface area contributed by atoms with E-state index < -0.39 is 0 Å². The molecule has 0 aliphatic rings. The molecule has 1 rings (SSSR count). The average Bonchev–Trinajstić information content (AvgIpc) is 2.40. The van der Waals surface area contributed by atoms with Crippen molar-refractivity contribution in [3.05, 3.63) is 10.7 Å². The minimum absolute atomic E-state index is 0.0705. The second kappa shape index (κ2) is 4.88. The van der Waals surface area contributed by atoms with E-state index in [2.05, 4.69) is 25.9 Å². The van der Waals surface area contributed by atoms with E-state index in [0.717, 1.165) is 11.4 Å². The molecule has 0 aliphatic carbocycles. The highest BCUT2D eigenvalue weighted by atomic mass is 35.5. The SMILES string of the molecule is CC(C)n1nc(CSC(C)(C)C)c(Cl)c1O. The van der Waals surface area contributed by atoms with Gasteiger partial charge in [0.25, 0.3) is 0 Å². The van der Waals surface area contributed by atoms with E-state index in [1.807, 2.05) is 13.8 Å². The Kier molecular flexibility index (Phi) is 4.18. The third-order valence-corrected chi connectivity index (χ3v) is 3.70. The summed E-state index contributed by atoms with van der Waals surface area (Å²) in [6.45, 7) is 10.4. The molecule has 0 aromatic carbocycles. The van der Waals surface area contributed by atoms with Crippen molar-refractivity contribution in [2.75, 3.05) is 0 Å². The maximum atomic E-state index is 9.78. The van der Waals surface area contributed by atoms with Crippen LogP contribution in [0.3, 0.4) is 0 Å². The Balaban J connectivity index is 2.86. The lowest BCUT2D eigenvalue weighted by molar-refractivity contribution is 0.377. The molecule has 3 nitrogen and oxygen atoms in total. The fourth-order valence-electron chi connectivity index (χ4n) is 1.19. The van der Waals surface area contributed by atoms with Crippen molar-refractivity contribution in [3.8, 4) is 5.88 Å². The highest BCUT2D eigenvalue weighted by molar-refractivity contribution is 7.99. The van der Waals surface area contributed by atoms with Crippen molar-refractivity contribution in [2.45, 2.75) is 51.2 Å². The van der Waals surface area contributed by atoms with Gasteiger partial charge in [0.15, 0.2) is 0 Å². The summed E-state index contributed by atoms with van der Waals surface area (Å²) in [5, 5.41) is 14.5. The van der Waals surface area contributed by atoms with E-state index in [1.165, 1.54) is 0 Å². The number of rotatable bonds is 3. The van der Waals surface area contributed by atoms with Crippen LogP contribution in [0.4, 0.5) is 0 Å². The van der Waals surface area contributed by atoms with Crippen molar-refractivity contribution in [1.82, 2.24) is 9.78 Å². The van der Waals surface area contributed by atoms with Crippen molar-refractivity contribution in [2.24, 2.45) is 0 Å². The van der Waals surface area contributed by atoms with Crippen LogP contribution in [-0.4, -0.2) is 19.6 Å². The molecule has 1 aromatic rings.